The predicted molar refractivity (Wildman–Crippen MR) is 96.3 cm³/mol. The topological polar surface area (TPSA) is 145 Å². The van der Waals surface area contributed by atoms with Crippen molar-refractivity contribution in [2.75, 3.05) is 4.72 Å². The van der Waals surface area contributed by atoms with Crippen LogP contribution in [0.3, 0.4) is 0 Å². The fourth-order valence-electron chi connectivity index (χ4n) is 2.03. The van der Waals surface area contributed by atoms with E-state index < -0.39 is 34.0 Å². The van der Waals surface area contributed by atoms with Crippen LogP contribution in [0.4, 0.5) is 10.5 Å². The zero-order chi connectivity index (χ0) is 20.0. The van der Waals surface area contributed by atoms with Gasteiger partial charge in [-0.05, 0) is 37.3 Å². The van der Waals surface area contributed by atoms with E-state index >= 15 is 0 Å². The molecule has 0 saturated heterocycles. The van der Waals surface area contributed by atoms with E-state index in [2.05, 4.69) is 4.72 Å². The Kier molecular flexibility index (Phi) is 6.14. The van der Waals surface area contributed by atoms with Crippen molar-refractivity contribution in [3.05, 3.63) is 60.2 Å². The van der Waals surface area contributed by atoms with Gasteiger partial charge in [0.2, 0.25) is 0 Å². The Balaban J connectivity index is 2.12. The van der Waals surface area contributed by atoms with E-state index in [1.54, 1.807) is 23.5 Å². The van der Waals surface area contributed by atoms with Crippen molar-refractivity contribution >= 4 is 33.6 Å². The van der Waals surface area contributed by atoms with Gasteiger partial charge in [0.15, 0.2) is 6.10 Å². The van der Waals surface area contributed by atoms with E-state index in [1.807, 2.05) is 0 Å². The fourth-order valence-corrected chi connectivity index (χ4v) is 3.10. The Morgan fingerprint density at radius 1 is 1.04 bits per heavy atom. The number of rotatable bonds is 6. The third kappa shape index (κ3) is 5.54. The summed E-state index contributed by atoms with van der Waals surface area (Å²) in [6.45, 7) is 1.26. The van der Waals surface area contributed by atoms with Crippen molar-refractivity contribution in [2.45, 2.75) is 17.9 Å². The van der Waals surface area contributed by atoms with E-state index in [0.29, 0.717) is 0 Å². The number of esters is 1. The average Bonchev–Trinajstić information content (AvgIpc) is 2.61. The van der Waals surface area contributed by atoms with E-state index in [0.717, 1.165) is 0 Å². The highest BCUT2D eigenvalue weighted by Gasteiger charge is 2.21. The van der Waals surface area contributed by atoms with Crippen molar-refractivity contribution in [3.63, 3.8) is 0 Å². The monoisotopic (exact) mass is 391 g/mol. The Labute approximate surface area is 155 Å². The number of hydrogen-bond donors (Lipinski definition) is 3. The molecule has 4 N–H and O–H groups in total. The third-order valence-corrected chi connectivity index (χ3v) is 4.70. The molecule has 0 bridgehead atoms. The number of hydrogen-bond acceptors (Lipinski definition) is 6. The second-order valence-electron chi connectivity index (χ2n) is 5.40. The number of amides is 3. The van der Waals surface area contributed by atoms with Gasteiger partial charge in [-0.15, -0.1) is 0 Å². The van der Waals surface area contributed by atoms with Gasteiger partial charge in [0, 0.05) is 5.69 Å². The SMILES string of the molecule is CC(OC(=O)c1cccc(NS(=O)(=O)c2ccccc2)c1)C(=O)NC(N)=O. The van der Waals surface area contributed by atoms with Gasteiger partial charge in [-0.2, -0.15) is 0 Å². The number of sulfonamides is 1. The highest BCUT2D eigenvalue weighted by molar-refractivity contribution is 7.92. The standard InChI is InChI=1S/C17H17N3O6S/c1-11(15(21)19-17(18)23)26-16(22)12-6-5-7-13(10-12)20-27(24,25)14-8-3-2-4-9-14/h2-11,20H,1H3,(H3,18,19,21,23). The van der Waals surface area contributed by atoms with E-state index in [-0.39, 0.29) is 16.1 Å². The molecule has 0 aliphatic rings. The first-order valence-corrected chi connectivity index (χ1v) is 9.16. The smallest absolute Gasteiger partial charge is 0.338 e. The maximum absolute atomic E-state index is 12.3. The number of ether oxygens (including phenoxy) is 1. The van der Waals surface area contributed by atoms with Gasteiger partial charge in [-0.25, -0.2) is 18.0 Å². The molecule has 1 atom stereocenters. The summed E-state index contributed by atoms with van der Waals surface area (Å²) in [5, 5.41) is 1.79. The molecule has 0 saturated carbocycles. The number of carbonyl (C=O) groups excluding carboxylic acids is 3. The van der Waals surface area contributed by atoms with Crippen LogP contribution in [-0.2, 0) is 19.6 Å². The lowest BCUT2D eigenvalue weighted by Crippen LogP contribution is -2.42. The van der Waals surface area contributed by atoms with Crippen molar-refractivity contribution < 1.29 is 27.5 Å². The van der Waals surface area contributed by atoms with Gasteiger partial charge in [-0.1, -0.05) is 24.3 Å². The van der Waals surface area contributed by atoms with Crippen molar-refractivity contribution in [1.82, 2.24) is 5.32 Å². The van der Waals surface area contributed by atoms with E-state index in [4.69, 9.17) is 10.5 Å². The van der Waals surface area contributed by atoms with Gasteiger partial charge in [0.05, 0.1) is 10.5 Å². The summed E-state index contributed by atoms with van der Waals surface area (Å²) < 4.78 is 31.9. The molecule has 2 rings (SSSR count). The summed E-state index contributed by atoms with van der Waals surface area (Å²) in [5.74, 6) is -1.75. The Hall–Kier alpha value is -3.40. The lowest BCUT2D eigenvalue weighted by atomic mass is 10.2. The normalized spacial score (nSPS) is 11.9. The molecule has 10 heteroatoms. The zero-order valence-electron chi connectivity index (χ0n) is 14.2. The predicted octanol–water partition coefficient (Wildman–Crippen LogP) is 1.23. The summed E-state index contributed by atoms with van der Waals surface area (Å²) in [5.41, 5.74) is 4.98. The lowest BCUT2D eigenvalue weighted by Gasteiger charge is -2.13. The number of benzene rings is 2. The minimum atomic E-state index is -3.82. The molecule has 142 valence electrons. The molecule has 1 unspecified atom stereocenters. The summed E-state index contributed by atoms with van der Waals surface area (Å²) in [7, 11) is -3.82. The number of carbonyl (C=O) groups is 3. The summed E-state index contributed by atoms with van der Waals surface area (Å²) >= 11 is 0. The first-order valence-electron chi connectivity index (χ1n) is 7.68. The first kappa shape index (κ1) is 19.9. The van der Waals surface area contributed by atoms with Crippen LogP contribution in [0.1, 0.15) is 17.3 Å². The summed E-state index contributed by atoms with van der Waals surface area (Å²) in [6, 6.07) is 12.2. The molecule has 0 heterocycles. The number of imide groups is 1. The highest BCUT2D eigenvalue weighted by atomic mass is 32.2. The molecule has 0 aliphatic heterocycles. The lowest BCUT2D eigenvalue weighted by molar-refractivity contribution is -0.127. The maximum atomic E-state index is 12.3. The van der Waals surface area contributed by atoms with E-state index in [9.17, 15) is 22.8 Å². The molecule has 2 aromatic carbocycles. The van der Waals surface area contributed by atoms with Crippen LogP contribution < -0.4 is 15.8 Å². The molecule has 2 aromatic rings. The molecule has 0 aromatic heterocycles. The minimum absolute atomic E-state index is 0.0157. The summed E-state index contributed by atoms with van der Waals surface area (Å²) in [4.78, 5) is 34.4. The summed E-state index contributed by atoms with van der Waals surface area (Å²) in [6.07, 6.45) is -1.27. The second kappa shape index (κ2) is 8.32. The van der Waals surface area contributed by atoms with Crippen molar-refractivity contribution in [1.29, 1.82) is 0 Å². The second-order valence-corrected chi connectivity index (χ2v) is 7.08. The van der Waals surface area contributed by atoms with Gasteiger partial charge in [-0.3, -0.25) is 14.8 Å². The molecule has 27 heavy (non-hydrogen) atoms. The van der Waals surface area contributed by atoms with Crippen LogP contribution in [0.25, 0.3) is 0 Å². The third-order valence-electron chi connectivity index (χ3n) is 3.30. The molecular weight excluding hydrogens is 374 g/mol. The zero-order valence-corrected chi connectivity index (χ0v) is 15.0. The average molecular weight is 391 g/mol. The van der Waals surface area contributed by atoms with Crippen molar-refractivity contribution in [2.24, 2.45) is 5.73 Å². The molecule has 0 fully saturated rings. The maximum Gasteiger partial charge on any atom is 0.338 e. The van der Waals surface area contributed by atoms with Crippen LogP contribution >= 0.6 is 0 Å². The van der Waals surface area contributed by atoms with Crippen LogP contribution in [-0.4, -0.2) is 32.4 Å². The minimum Gasteiger partial charge on any atom is -0.449 e. The molecule has 3 amide bonds. The van der Waals surface area contributed by atoms with Crippen LogP contribution in [0.5, 0.6) is 0 Å². The number of nitrogens with two attached hydrogens (primary N) is 1. The van der Waals surface area contributed by atoms with Gasteiger partial charge in [0.25, 0.3) is 15.9 Å². The largest absolute Gasteiger partial charge is 0.449 e. The van der Waals surface area contributed by atoms with Crippen LogP contribution in [0.2, 0.25) is 0 Å². The van der Waals surface area contributed by atoms with Crippen LogP contribution in [0.15, 0.2) is 59.5 Å². The number of nitrogens with one attached hydrogen (secondary N) is 2. The Bertz CT molecular complexity index is 960. The van der Waals surface area contributed by atoms with Crippen LogP contribution in [0, 0.1) is 0 Å². The van der Waals surface area contributed by atoms with Gasteiger partial charge in [0.1, 0.15) is 0 Å². The fraction of sp³-hybridized carbons (Fsp3) is 0.118. The molecule has 0 aliphatic carbocycles. The first-order chi connectivity index (χ1) is 12.7. The Morgan fingerprint density at radius 2 is 1.70 bits per heavy atom. The van der Waals surface area contributed by atoms with Crippen molar-refractivity contribution in [3.8, 4) is 0 Å². The van der Waals surface area contributed by atoms with Gasteiger partial charge >= 0.3 is 12.0 Å². The molecule has 0 radical (unpaired) electrons. The molecular formula is C17H17N3O6S. The Morgan fingerprint density at radius 3 is 2.33 bits per heavy atom. The molecule has 0 spiro atoms. The molecule has 9 nitrogen and oxygen atoms in total. The number of primary amides is 1. The number of urea groups is 1. The quantitative estimate of drug-likeness (QED) is 0.632. The number of anilines is 1. The van der Waals surface area contributed by atoms with Gasteiger partial charge < -0.3 is 10.5 Å². The van der Waals surface area contributed by atoms with E-state index in [1.165, 1.54) is 43.3 Å². The highest BCUT2D eigenvalue weighted by Crippen LogP contribution is 2.18.